The van der Waals surface area contributed by atoms with Gasteiger partial charge >= 0.3 is 5.97 Å². The molecule has 0 aliphatic rings. The molecule has 0 aromatic carbocycles. The monoisotopic (exact) mass is 267 g/mol. The van der Waals surface area contributed by atoms with Crippen molar-refractivity contribution in [2.45, 2.75) is 34.1 Å². The van der Waals surface area contributed by atoms with Crippen molar-refractivity contribution < 1.29 is 19.1 Å². The molecule has 5 nitrogen and oxygen atoms in total. The first-order valence-electron chi connectivity index (χ1n) is 6.30. The number of aliphatic carboxylic acids is 1. The molecule has 0 aliphatic heterocycles. The normalized spacial score (nSPS) is 11.6. The molecule has 0 fully saturated rings. The van der Waals surface area contributed by atoms with Crippen LogP contribution in [0.25, 0.3) is 0 Å². The number of nitrogens with one attached hydrogen (secondary N) is 1. The van der Waals surface area contributed by atoms with Crippen molar-refractivity contribution >= 4 is 11.9 Å². The number of carbonyl (C=O) groups is 2. The molecule has 1 rings (SSSR count). The molecule has 0 aliphatic carbocycles. The summed E-state index contributed by atoms with van der Waals surface area (Å²) in [4.78, 5) is 22.7. The van der Waals surface area contributed by atoms with Crippen molar-refractivity contribution in [3.05, 3.63) is 23.7 Å². The number of hydrogen-bond donors (Lipinski definition) is 2. The lowest BCUT2D eigenvalue weighted by atomic mass is 9.81. The van der Waals surface area contributed by atoms with E-state index in [-0.39, 0.29) is 23.5 Å². The quantitative estimate of drug-likeness (QED) is 0.829. The van der Waals surface area contributed by atoms with E-state index in [9.17, 15) is 9.59 Å². The zero-order chi connectivity index (χ0) is 14.6. The first-order chi connectivity index (χ1) is 8.74. The topological polar surface area (TPSA) is 79.5 Å². The minimum atomic E-state index is -1.02. The summed E-state index contributed by atoms with van der Waals surface area (Å²) in [7, 11) is 0. The first kappa shape index (κ1) is 15.3. The van der Waals surface area contributed by atoms with Crippen molar-refractivity contribution in [1.29, 1.82) is 0 Å². The fourth-order valence-corrected chi connectivity index (χ4v) is 1.42. The Hall–Kier alpha value is -1.78. The van der Waals surface area contributed by atoms with E-state index >= 15 is 0 Å². The summed E-state index contributed by atoms with van der Waals surface area (Å²) in [5.74, 6) is -0.701. The van der Waals surface area contributed by atoms with Gasteiger partial charge in [-0.1, -0.05) is 27.7 Å². The number of hydrogen-bond acceptors (Lipinski definition) is 3. The number of amides is 1. The predicted molar refractivity (Wildman–Crippen MR) is 71.0 cm³/mol. The van der Waals surface area contributed by atoms with Crippen molar-refractivity contribution in [2.24, 2.45) is 11.3 Å². The third-order valence-electron chi connectivity index (χ3n) is 3.57. The van der Waals surface area contributed by atoms with Crippen LogP contribution in [0.15, 0.2) is 16.7 Å². The van der Waals surface area contributed by atoms with E-state index in [4.69, 9.17) is 9.52 Å². The van der Waals surface area contributed by atoms with Crippen molar-refractivity contribution in [3.8, 4) is 0 Å². The Bertz CT molecular complexity index is 460. The summed E-state index contributed by atoms with van der Waals surface area (Å²) in [6, 6.07) is 1.50. The Morgan fingerprint density at radius 3 is 2.58 bits per heavy atom. The Labute approximate surface area is 113 Å². The van der Waals surface area contributed by atoms with Crippen LogP contribution in [0.2, 0.25) is 0 Å². The predicted octanol–water partition coefficient (Wildman–Crippen LogP) is 2.32. The number of carboxylic acid groups (broad SMARTS) is 1. The Morgan fingerprint density at radius 1 is 1.42 bits per heavy atom. The van der Waals surface area contributed by atoms with Crippen LogP contribution >= 0.6 is 0 Å². The van der Waals surface area contributed by atoms with Crippen LogP contribution in [-0.2, 0) is 11.2 Å². The number of furan rings is 1. The molecule has 0 radical (unpaired) electrons. The van der Waals surface area contributed by atoms with Gasteiger partial charge in [0.1, 0.15) is 12.2 Å². The van der Waals surface area contributed by atoms with Gasteiger partial charge < -0.3 is 14.8 Å². The van der Waals surface area contributed by atoms with Gasteiger partial charge in [0.2, 0.25) is 0 Å². The lowest BCUT2D eigenvalue weighted by Gasteiger charge is -2.29. The van der Waals surface area contributed by atoms with Crippen LogP contribution in [0.5, 0.6) is 0 Å². The maximum absolute atomic E-state index is 12.0. The van der Waals surface area contributed by atoms with E-state index in [1.165, 1.54) is 12.3 Å². The standard InChI is InChI=1S/C14H21NO4/c1-9(2)14(3,4)8-15-13(18)10-5-6-19-11(10)7-12(16)17/h5-6,9H,7-8H2,1-4H3,(H,15,18)(H,16,17). The minimum absolute atomic E-state index is 0.0215. The second kappa shape index (κ2) is 5.91. The highest BCUT2D eigenvalue weighted by Crippen LogP contribution is 2.25. The molecule has 0 bridgehead atoms. The van der Waals surface area contributed by atoms with E-state index in [0.717, 1.165) is 0 Å². The van der Waals surface area contributed by atoms with Crippen molar-refractivity contribution in [3.63, 3.8) is 0 Å². The summed E-state index contributed by atoms with van der Waals surface area (Å²) in [5.41, 5.74) is 0.272. The minimum Gasteiger partial charge on any atom is -0.481 e. The van der Waals surface area contributed by atoms with Gasteiger partial charge in [0.15, 0.2) is 0 Å². The maximum Gasteiger partial charge on any atom is 0.311 e. The Morgan fingerprint density at radius 2 is 2.05 bits per heavy atom. The first-order valence-corrected chi connectivity index (χ1v) is 6.30. The molecule has 0 saturated carbocycles. The lowest BCUT2D eigenvalue weighted by Crippen LogP contribution is -2.37. The highest BCUT2D eigenvalue weighted by molar-refractivity contribution is 5.96. The molecule has 106 valence electrons. The van der Waals surface area contributed by atoms with Crippen LogP contribution in [-0.4, -0.2) is 23.5 Å². The molecular weight excluding hydrogens is 246 g/mol. The molecule has 1 aromatic rings. The molecule has 0 spiro atoms. The Kier molecular flexibility index (Phi) is 4.75. The van der Waals surface area contributed by atoms with Gasteiger partial charge in [-0.05, 0) is 17.4 Å². The van der Waals surface area contributed by atoms with Crippen molar-refractivity contribution in [1.82, 2.24) is 5.32 Å². The van der Waals surface area contributed by atoms with Crippen LogP contribution in [0.3, 0.4) is 0 Å². The second-order valence-corrected chi connectivity index (χ2v) is 5.65. The van der Waals surface area contributed by atoms with E-state index in [1.807, 2.05) is 0 Å². The SMILES string of the molecule is CC(C)C(C)(C)CNC(=O)c1ccoc1CC(=O)O. The summed E-state index contributed by atoms with van der Waals surface area (Å²) in [6.45, 7) is 8.87. The fraction of sp³-hybridized carbons (Fsp3) is 0.571. The van der Waals surface area contributed by atoms with Gasteiger partial charge in [-0.15, -0.1) is 0 Å². The molecule has 0 saturated heterocycles. The molecule has 2 N–H and O–H groups in total. The van der Waals surface area contributed by atoms with Gasteiger partial charge in [0.25, 0.3) is 5.91 Å². The van der Waals surface area contributed by atoms with Crippen LogP contribution in [0.1, 0.15) is 43.8 Å². The van der Waals surface area contributed by atoms with E-state index in [1.54, 1.807) is 0 Å². The summed E-state index contributed by atoms with van der Waals surface area (Å²) >= 11 is 0. The number of carboxylic acids is 1. The maximum atomic E-state index is 12.0. The van der Waals surface area contributed by atoms with Gasteiger partial charge in [0, 0.05) is 6.54 Å². The van der Waals surface area contributed by atoms with Crippen molar-refractivity contribution in [2.75, 3.05) is 6.54 Å². The van der Waals surface area contributed by atoms with Crippen LogP contribution in [0, 0.1) is 11.3 Å². The molecule has 0 atom stereocenters. The zero-order valence-electron chi connectivity index (χ0n) is 11.8. The average molecular weight is 267 g/mol. The lowest BCUT2D eigenvalue weighted by molar-refractivity contribution is -0.136. The second-order valence-electron chi connectivity index (χ2n) is 5.65. The van der Waals surface area contributed by atoms with Gasteiger partial charge in [-0.25, -0.2) is 0 Å². The smallest absolute Gasteiger partial charge is 0.311 e. The summed E-state index contributed by atoms with van der Waals surface area (Å²) in [6.07, 6.45) is 1.05. The summed E-state index contributed by atoms with van der Waals surface area (Å²) in [5, 5.41) is 11.6. The van der Waals surface area contributed by atoms with Gasteiger partial charge in [0.05, 0.1) is 11.8 Å². The number of carbonyl (C=O) groups excluding carboxylic acids is 1. The zero-order valence-corrected chi connectivity index (χ0v) is 11.8. The molecule has 5 heteroatoms. The molecule has 1 aromatic heterocycles. The molecule has 0 unspecified atom stereocenters. The largest absolute Gasteiger partial charge is 0.481 e. The Balaban J connectivity index is 2.69. The van der Waals surface area contributed by atoms with Crippen LogP contribution in [0.4, 0.5) is 0 Å². The highest BCUT2D eigenvalue weighted by Gasteiger charge is 2.24. The van der Waals surface area contributed by atoms with E-state index in [2.05, 4.69) is 33.0 Å². The third-order valence-corrected chi connectivity index (χ3v) is 3.57. The highest BCUT2D eigenvalue weighted by atomic mass is 16.4. The van der Waals surface area contributed by atoms with Crippen LogP contribution < -0.4 is 5.32 Å². The average Bonchev–Trinajstić information content (AvgIpc) is 2.73. The molecule has 1 amide bonds. The number of rotatable bonds is 6. The van der Waals surface area contributed by atoms with Gasteiger partial charge in [-0.2, -0.15) is 0 Å². The fourth-order valence-electron chi connectivity index (χ4n) is 1.42. The van der Waals surface area contributed by atoms with E-state index in [0.29, 0.717) is 18.0 Å². The van der Waals surface area contributed by atoms with Gasteiger partial charge in [-0.3, -0.25) is 9.59 Å². The molecule has 1 heterocycles. The summed E-state index contributed by atoms with van der Waals surface area (Å²) < 4.78 is 5.03. The molecule has 19 heavy (non-hydrogen) atoms. The van der Waals surface area contributed by atoms with E-state index < -0.39 is 5.97 Å². The molecular formula is C14H21NO4. The third kappa shape index (κ3) is 4.12.